The normalized spacial score (nSPS) is 12.7. The summed E-state index contributed by atoms with van der Waals surface area (Å²) in [5.41, 5.74) is 0. The molecule has 1 aromatic carbocycles. The van der Waals surface area contributed by atoms with Gasteiger partial charge in [0.25, 0.3) is 0 Å². The number of hydrogen-bond acceptors (Lipinski definition) is 12. The van der Waals surface area contributed by atoms with E-state index in [2.05, 4.69) is 0 Å². The van der Waals surface area contributed by atoms with E-state index in [0.29, 0.717) is 39.6 Å². The molecule has 12 nitrogen and oxygen atoms in total. The van der Waals surface area contributed by atoms with Gasteiger partial charge in [-0.15, -0.1) is 0 Å². The summed E-state index contributed by atoms with van der Waals surface area (Å²) >= 11 is 0. The van der Waals surface area contributed by atoms with Gasteiger partial charge in [0.1, 0.15) is 0 Å². The molecule has 0 heterocycles. The van der Waals surface area contributed by atoms with Crippen molar-refractivity contribution in [2.45, 2.75) is 79.3 Å². The molecule has 0 aromatic heterocycles. The quantitative estimate of drug-likeness (QED) is 0.0940. The minimum Gasteiger partial charge on any atom is -0.374 e. The van der Waals surface area contributed by atoms with Crippen LogP contribution >= 0.6 is 0 Å². The Hall–Kier alpha value is -0.392. The first-order valence-corrected chi connectivity index (χ1v) is 23.7. The van der Waals surface area contributed by atoms with E-state index in [1.807, 2.05) is 65.8 Å². The van der Waals surface area contributed by atoms with Crippen LogP contribution in [0.3, 0.4) is 0 Å². The van der Waals surface area contributed by atoms with Crippen LogP contribution in [0.4, 0.5) is 0 Å². The van der Waals surface area contributed by atoms with E-state index in [1.165, 1.54) is 0 Å². The standard InChI is InChI=1S/C18H42O6Si2.C12H22O6Si2/c1-7-19-25(20-8-2,21-9-3)17-15-13-14-16-18-26(22-10-4,23-11-5)24-12-6;1-13-19(14-2,15-3)11-7-9-12(10-8-11)20(16-4,17-5)18-6/h7-18H2,1-6H3;7-10H,1-6H3. The van der Waals surface area contributed by atoms with Crippen LogP contribution in [-0.2, 0) is 53.1 Å². The highest BCUT2D eigenvalue weighted by Crippen LogP contribution is 2.23. The molecular formula is C30H64O12Si4. The molecule has 0 saturated carbocycles. The van der Waals surface area contributed by atoms with Crippen molar-refractivity contribution in [1.82, 2.24) is 0 Å². The first-order chi connectivity index (χ1) is 22.1. The van der Waals surface area contributed by atoms with Crippen molar-refractivity contribution < 1.29 is 53.1 Å². The Labute approximate surface area is 284 Å². The van der Waals surface area contributed by atoms with Crippen LogP contribution in [0.5, 0.6) is 0 Å². The summed E-state index contributed by atoms with van der Waals surface area (Å²) in [4.78, 5) is 0. The lowest BCUT2D eigenvalue weighted by Crippen LogP contribution is -2.57. The van der Waals surface area contributed by atoms with Crippen molar-refractivity contribution >= 4 is 45.6 Å². The molecule has 0 N–H and O–H groups in total. The lowest BCUT2D eigenvalue weighted by atomic mass is 10.2. The molecule has 0 bridgehead atoms. The first kappa shape index (κ1) is 45.6. The van der Waals surface area contributed by atoms with Crippen LogP contribution in [0.1, 0.15) is 67.2 Å². The predicted molar refractivity (Wildman–Crippen MR) is 189 cm³/mol. The molecule has 0 unspecified atom stereocenters. The van der Waals surface area contributed by atoms with E-state index in [4.69, 9.17) is 53.1 Å². The molecule has 1 aromatic rings. The minimum atomic E-state index is -2.81. The monoisotopic (exact) mass is 728 g/mol. The fourth-order valence-electron chi connectivity index (χ4n) is 5.12. The van der Waals surface area contributed by atoms with Gasteiger partial charge in [-0.25, -0.2) is 0 Å². The van der Waals surface area contributed by atoms with Crippen LogP contribution in [0.25, 0.3) is 0 Å². The summed E-state index contributed by atoms with van der Waals surface area (Å²) in [5.74, 6) is 0. The Kier molecular flexibility index (Phi) is 25.3. The lowest BCUT2D eigenvalue weighted by molar-refractivity contribution is 0.0688. The molecule has 0 amide bonds. The fraction of sp³-hybridized carbons (Fsp3) is 0.800. The van der Waals surface area contributed by atoms with Crippen LogP contribution < -0.4 is 10.4 Å². The Morgan fingerprint density at radius 1 is 0.370 bits per heavy atom. The number of unbranched alkanes of at least 4 members (excludes halogenated alkanes) is 3. The van der Waals surface area contributed by atoms with Crippen LogP contribution in [0.2, 0.25) is 12.1 Å². The largest absolute Gasteiger partial charge is 0.536 e. The van der Waals surface area contributed by atoms with Crippen molar-refractivity contribution in [1.29, 1.82) is 0 Å². The van der Waals surface area contributed by atoms with E-state index in [0.717, 1.165) is 48.1 Å². The minimum absolute atomic E-state index is 0.636. The maximum atomic E-state index is 5.91. The summed E-state index contributed by atoms with van der Waals surface area (Å²) in [6.07, 6.45) is 4.35. The average molecular weight is 729 g/mol. The molecular weight excluding hydrogens is 665 g/mol. The van der Waals surface area contributed by atoms with E-state index in [9.17, 15) is 0 Å². The number of rotatable bonds is 27. The summed E-state index contributed by atoms with van der Waals surface area (Å²) in [6.45, 7) is 15.8. The summed E-state index contributed by atoms with van der Waals surface area (Å²) in [6, 6.07) is 9.31. The van der Waals surface area contributed by atoms with Gasteiger partial charge in [0.05, 0.1) is 0 Å². The third-order valence-electron chi connectivity index (χ3n) is 7.11. The Morgan fingerprint density at radius 2 is 0.587 bits per heavy atom. The van der Waals surface area contributed by atoms with E-state index in [-0.39, 0.29) is 0 Å². The van der Waals surface area contributed by atoms with E-state index in [1.54, 1.807) is 42.7 Å². The smallest absolute Gasteiger partial charge is 0.374 e. The average Bonchev–Trinajstić information content (AvgIpc) is 3.06. The van der Waals surface area contributed by atoms with Crippen molar-refractivity contribution in [3.8, 4) is 0 Å². The van der Waals surface area contributed by atoms with E-state index >= 15 is 0 Å². The van der Waals surface area contributed by atoms with Gasteiger partial charge in [-0.3, -0.25) is 0 Å². The molecule has 46 heavy (non-hydrogen) atoms. The van der Waals surface area contributed by atoms with Gasteiger partial charge in [0, 0.05) is 105 Å². The summed E-state index contributed by atoms with van der Waals surface area (Å²) in [5, 5.41) is 1.72. The van der Waals surface area contributed by atoms with Gasteiger partial charge >= 0.3 is 35.2 Å². The van der Waals surface area contributed by atoms with Gasteiger partial charge in [-0.1, -0.05) is 37.1 Å². The molecule has 16 heteroatoms. The lowest BCUT2D eigenvalue weighted by Gasteiger charge is -2.29. The first-order valence-electron chi connectivity index (χ1n) is 16.4. The molecule has 0 saturated heterocycles. The SMILES string of the molecule is CCO[Si](CCCCCC[Si](OCC)(OCC)OCC)(OCC)OCC.CO[Si](OC)(OC)c1ccc([Si](OC)(OC)OC)cc1. The fourth-order valence-corrected chi connectivity index (χ4v) is 14.1. The molecule has 0 spiro atoms. The van der Waals surface area contributed by atoms with Crippen LogP contribution in [-0.4, -0.2) is 118 Å². The summed E-state index contributed by atoms with van der Waals surface area (Å²) < 4.78 is 68.1. The predicted octanol–water partition coefficient (Wildman–Crippen LogP) is 4.50. The van der Waals surface area contributed by atoms with E-state index < -0.39 is 35.2 Å². The topological polar surface area (TPSA) is 111 Å². The maximum Gasteiger partial charge on any atom is 0.536 e. The molecule has 0 aliphatic rings. The maximum absolute atomic E-state index is 5.91. The molecule has 0 fully saturated rings. The molecule has 0 aliphatic carbocycles. The molecule has 1 rings (SSSR count). The highest BCUT2D eigenvalue weighted by molar-refractivity contribution is 6.77. The van der Waals surface area contributed by atoms with Crippen molar-refractivity contribution in [2.24, 2.45) is 0 Å². The number of hydrogen-bond donors (Lipinski definition) is 0. The zero-order chi connectivity index (χ0) is 35.0. The van der Waals surface area contributed by atoms with Crippen molar-refractivity contribution in [3.63, 3.8) is 0 Å². The highest BCUT2D eigenvalue weighted by atomic mass is 28.4. The highest BCUT2D eigenvalue weighted by Gasteiger charge is 2.44. The third kappa shape index (κ3) is 14.2. The number of benzene rings is 1. The van der Waals surface area contributed by atoms with Gasteiger partial charge in [-0.05, 0) is 54.4 Å². The van der Waals surface area contributed by atoms with Crippen LogP contribution in [0, 0.1) is 0 Å². The Morgan fingerprint density at radius 3 is 0.761 bits per heavy atom. The zero-order valence-corrected chi connectivity index (χ0v) is 34.7. The van der Waals surface area contributed by atoms with Crippen molar-refractivity contribution in [2.75, 3.05) is 82.3 Å². The van der Waals surface area contributed by atoms with Crippen LogP contribution in [0.15, 0.2) is 24.3 Å². The second-order valence-electron chi connectivity index (χ2n) is 9.79. The molecule has 0 radical (unpaired) electrons. The van der Waals surface area contributed by atoms with Gasteiger partial charge in [0.2, 0.25) is 0 Å². The zero-order valence-electron chi connectivity index (χ0n) is 30.7. The van der Waals surface area contributed by atoms with Crippen molar-refractivity contribution in [3.05, 3.63) is 24.3 Å². The molecule has 272 valence electrons. The molecule has 0 atom stereocenters. The second-order valence-corrected chi connectivity index (χ2v) is 21.1. The Balaban J connectivity index is 0.000000909. The Bertz CT molecular complexity index is 741. The second kappa shape index (κ2) is 25.6. The summed E-state index contributed by atoms with van der Waals surface area (Å²) in [7, 11) is -1.17. The van der Waals surface area contributed by atoms with Gasteiger partial charge in [-0.2, -0.15) is 0 Å². The van der Waals surface area contributed by atoms with Gasteiger partial charge in [0.15, 0.2) is 0 Å². The third-order valence-corrected chi connectivity index (χ3v) is 18.7. The van der Waals surface area contributed by atoms with Gasteiger partial charge < -0.3 is 53.1 Å². The molecule has 0 aliphatic heterocycles.